The quantitative estimate of drug-likeness (QED) is 0.483. The molecular formula is C23H22N2O. The van der Waals surface area contributed by atoms with Crippen molar-refractivity contribution in [2.45, 2.75) is 25.8 Å². The minimum atomic E-state index is 0.888. The summed E-state index contributed by atoms with van der Waals surface area (Å²) in [4.78, 5) is 7.00. The van der Waals surface area contributed by atoms with Crippen LogP contribution in [0, 0.1) is 0 Å². The summed E-state index contributed by atoms with van der Waals surface area (Å²) in [6.07, 6.45) is 7.87. The maximum Gasteiger partial charge on any atom is 0.137 e. The monoisotopic (exact) mass is 342 g/mol. The molecule has 0 saturated carbocycles. The molecule has 0 bridgehead atoms. The lowest BCUT2D eigenvalue weighted by molar-refractivity contribution is 0.221. The first-order chi connectivity index (χ1) is 12.9. The Balaban J connectivity index is 1.57. The molecule has 3 heterocycles. The fraction of sp³-hybridized carbons (Fsp3) is 0.261. The molecule has 26 heavy (non-hydrogen) atoms. The fourth-order valence-electron chi connectivity index (χ4n) is 4.00. The van der Waals surface area contributed by atoms with E-state index in [1.54, 1.807) is 0 Å². The van der Waals surface area contributed by atoms with Crippen molar-refractivity contribution >= 4 is 21.7 Å². The minimum Gasteiger partial charge on any atom is -0.456 e. The molecule has 1 fully saturated rings. The normalized spacial score (nSPS) is 15.7. The molecule has 1 aliphatic rings. The number of hydrogen-bond donors (Lipinski definition) is 0. The van der Waals surface area contributed by atoms with Gasteiger partial charge in [-0.2, -0.15) is 0 Å². The zero-order valence-corrected chi connectivity index (χ0v) is 14.8. The SMILES string of the molecule is c1ccc2oc(-c3cncc4ccc(CN5CCCCC5)cc34)cc2c1. The van der Waals surface area contributed by atoms with Gasteiger partial charge in [-0.1, -0.05) is 36.8 Å². The number of nitrogens with zero attached hydrogens (tertiary/aromatic N) is 2. The highest BCUT2D eigenvalue weighted by Gasteiger charge is 2.13. The molecule has 3 nitrogen and oxygen atoms in total. The van der Waals surface area contributed by atoms with Gasteiger partial charge >= 0.3 is 0 Å². The molecule has 2 aromatic carbocycles. The van der Waals surface area contributed by atoms with Crippen LogP contribution >= 0.6 is 0 Å². The Labute approximate surface area is 153 Å². The van der Waals surface area contributed by atoms with Crippen LogP contribution in [0.5, 0.6) is 0 Å². The third kappa shape index (κ3) is 2.89. The van der Waals surface area contributed by atoms with E-state index in [9.17, 15) is 0 Å². The summed E-state index contributed by atoms with van der Waals surface area (Å²) in [6, 6.07) is 17.0. The van der Waals surface area contributed by atoms with Crippen LogP contribution in [0.25, 0.3) is 33.1 Å². The van der Waals surface area contributed by atoms with Crippen LogP contribution in [0.1, 0.15) is 24.8 Å². The van der Waals surface area contributed by atoms with E-state index in [4.69, 9.17) is 4.42 Å². The van der Waals surface area contributed by atoms with E-state index in [1.165, 1.54) is 43.3 Å². The van der Waals surface area contributed by atoms with Crippen molar-refractivity contribution in [2.75, 3.05) is 13.1 Å². The molecule has 2 aromatic heterocycles. The number of aromatic nitrogens is 1. The smallest absolute Gasteiger partial charge is 0.137 e. The average molecular weight is 342 g/mol. The molecule has 0 N–H and O–H groups in total. The van der Waals surface area contributed by atoms with E-state index in [0.717, 1.165) is 34.2 Å². The van der Waals surface area contributed by atoms with Gasteiger partial charge in [0.15, 0.2) is 0 Å². The Morgan fingerprint density at radius 2 is 1.77 bits per heavy atom. The summed E-state index contributed by atoms with van der Waals surface area (Å²) in [5, 5.41) is 3.50. The Hall–Kier alpha value is -2.65. The number of benzene rings is 2. The number of furan rings is 1. The van der Waals surface area contributed by atoms with Crippen molar-refractivity contribution in [2.24, 2.45) is 0 Å². The Morgan fingerprint density at radius 1 is 0.885 bits per heavy atom. The highest BCUT2D eigenvalue weighted by atomic mass is 16.3. The van der Waals surface area contributed by atoms with Crippen molar-refractivity contribution in [3.63, 3.8) is 0 Å². The molecule has 1 aliphatic heterocycles. The molecule has 3 heteroatoms. The molecule has 0 aliphatic carbocycles. The number of para-hydroxylation sites is 1. The van der Waals surface area contributed by atoms with Crippen molar-refractivity contribution in [1.29, 1.82) is 0 Å². The second-order valence-corrected chi connectivity index (χ2v) is 7.23. The average Bonchev–Trinajstić information content (AvgIpc) is 3.12. The van der Waals surface area contributed by atoms with Gasteiger partial charge in [-0.3, -0.25) is 9.88 Å². The number of piperidine rings is 1. The van der Waals surface area contributed by atoms with Crippen molar-refractivity contribution in [3.8, 4) is 11.3 Å². The highest BCUT2D eigenvalue weighted by molar-refractivity contribution is 5.97. The first-order valence-electron chi connectivity index (χ1n) is 9.45. The first-order valence-corrected chi connectivity index (χ1v) is 9.45. The van der Waals surface area contributed by atoms with E-state index in [0.29, 0.717) is 0 Å². The van der Waals surface area contributed by atoms with E-state index < -0.39 is 0 Å². The lowest BCUT2D eigenvalue weighted by Gasteiger charge is -2.26. The molecule has 1 saturated heterocycles. The molecule has 0 radical (unpaired) electrons. The van der Waals surface area contributed by atoms with E-state index in [-0.39, 0.29) is 0 Å². The second kappa shape index (κ2) is 6.58. The van der Waals surface area contributed by atoms with Crippen LogP contribution in [0.4, 0.5) is 0 Å². The minimum absolute atomic E-state index is 0.888. The highest BCUT2D eigenvalue weighted by Crippen LogP contribution is 2.33. The van der Waals surface area contributed by atoms with Gasteiger partial charge in [-0.05, 0) is 55.1 Å². The van der Waals surface area contributed by atoms with Crippen LogP contribution in [-0.4, -0.2) is 23.0 Å². The first kappa shape index (κ1) is 15.6. The lowest BCUT2D eigenvalue weighted by atomic mass is 10.0. The topological polar surface area (TPSA) is 29.3 Å². The molecule has 0 amide bonds. The summed E-state index contributed by atoms with van der Waals surface area (Å²) in [5.41, 5.74) is 3.35. The summed E-state index contributed by atoms with van der Waals surface area (Å²) in [6.45, 7) is 3.45. The zero-order chi connectivity index (χ0) is 17.3. The van der Waals surface area contributed by atoms with Gasteiger partial charge in [0.05, 0.1) is 0 Å². The summed E-state index contributed by atoms with van der Waals surface area (Å²) in [5.74, 6) is 0.888. The number of pyridine rings is 1. The Morgan fingerprint density at radius 3 is 2.65 bits per heavy atom. The summed E-state index contributed by atoms with van der Waals surface area (Å²) >= 11 is 0. The van der Waals surface area contributed by atoms with E-state index in [2.05, 4.69) is 40.2 Å². The Bertz CT molecular complexity index is 1030. The third-order valence-electron chi connectivity index (χ3n) is 5.37. The largest absolute Gasteiger partial charge is 0.456 e. The van der Waals surface area contributed by atoms with Gasteiger partial charge < -0.3 is 4.42 Å². The van der Waals surface area contributed by atoms with Gasteiger partial charge in [-0.15, -0.1) is 0 Å². The van der Waals surface area contributed by atoms with Gasteiger partial charge in [0.1, 0.15) is 11.3 Å². The molecule has 130 valence electrons. The molecule has 0 atom stereocenters. The number of rotatable bonds is 3. The van der Waals surface area contributed by atoms with Crippen LogP contribution < -0.4 is 0 Å². The van der Waals surface area contributed by atoms with Crippen LogP contribution in [0.3, 0.4) is 0 Å². The lowest BCUT2D eigenvalue weighted by Crippen LogP contribution is -2.29. The maximum absolute atomic E-state index is 6.10. The predicted octanol–water partition coefficient (Wildman–Crippen LogP) is 5.63. The number of hydrogen-bond acceptors (Lipinski definition) is 3. The predicted molar refractivity (Wildman–Crippen MR) is 106 cm³/mol. The molecule has 0 unspecified atom stereocenters. The van der Waals surface area contributed by atoms with Crippen LogP contribution in [0.2, 0.25) is 0 Å². The zero-order valence-electron chi connectivity index (χ0n) is 14.8. The van der Waals surface area contributed by atoms with Crippen molar-refractivity contribution in [3.05, 3.63) is 66.5 Å². The summed E-state index contributed by atoms with van der Waals surface area (Å²) < 4.78 is 6.10. The van der Waals surface area contributed by atoms with E-state index in [1.807, 2.05) is 30.6 Å². The second-order valence-electron chi connectivity index (χ2n) is 7.23. The molecule has 4 aromatic rings. The Kier molecular flexibility index (Phi) is 3.95. The maximum atomic E-state index is 6.10. The van der Waals surface area contributed by atoms with E-state index >= 15 is 0 Å². The fourth-order valence-corrected chi connectivity index (χ4v) is 4.00. The summed E-state index contributed by atoms with van der Waals surface area (Å²) in [7, 11) is 0. The molecular weight excluding hydrogens is 320 g/mol. The van der Waals surface area contributed by atoms with Gasteiger partial charge in [0.25, 0.3) is 0 Å². The van der Waals surface area contributed by atoms with Crippen LogP contribution in [-0.2, 0) is 6.54 Å². The number of likely N-dealkylation sites (tertiary alicyclic amines) is 1. The molecule has 5 rings (SSSR count). The number of fused-ring (bicyclic) bond motifs is 2. The third-order valence-corrected chi connectivity index (χ3v) is 5.37. The van der Waals surface area contributed by atoms with Gasteiger partial charge in [0, 0.05) is 35.3 Å². The van der Waals surface area contributed by atoms with Crippen LogP contribution in [0.15, 0.2) is 65.3 Å². The van der Waals surface area contributed by atoms with Crippen molar-refractivity contribution < 1.29 is 4.42 Å². The molecule has 0 spiro atoms. The van der Waals surface area contributed by atoms with Crippen molar-refractivity contribution in [1.82, 2.24) is 9.88 Å². The van der Waals surface area contributed by atoms with Gasteiger partial charge in [0.2, 0.25) is 0 Å². The van der Waals surface area contributed by atoms with Gasteiger partial charge in [-0.25, -0.2) is 0 Å². The standard InChI is InChI=1S/C23H22N2O/c1-4-10-25(11-5-1)16-17-8-9-19-14-24-15-21(20(19)12-17)23-13-18-6-2-3-7-22(18)26-23/h2-3,6-9,12-15H,1,4-5,10-11,16H2.